The first-order valence-corrected chi connectivity index (χ1v) is 6.66. The minimum absolute atomic E-state index is 0.0214. The van der Waals surface area contributed by atoms with Crippen molar-refractivity contribution in [2.24, 2.45) is 10.7 Å². The van der Waals surface area contributed by atoms with Crippen molar-refractivity contribution in [3.05, 3.63) is 65.8 Å². The molecule has 116 valence electrons. The van der Waals surface area contributed by atoms with Crippen molar-refractivity contribution < 1.29 is 17.6 Å². The number of hydrogen-bond donors (Lipinski definition) is 1. The number of halogens is 3. The minimum Gasteiger partial charge on any atom is -0.463 e. The molecule has 0 aliphatic heterocycles. The Kier molecular flexibility index (Phi) is 4.70. The second kappa shape index (κ2) is 6.51. The molecule has 0 fully saturated rings. The smallest absolute Gasteiger partial charge is 0.430 e. The Labute approximate surface area is 126 Å². The van der Waals surface area contributed by atoms with Gasteiger partial charge in [-0.05, 0) is 42.3 Å². The molecule has 0 bridgehead atoms. The average molecular weight is 308 g/mol. The highest BCUT2D eigenvalue weighted by molar-refractivity contribution is 6.08. The van der Waals surface area contributed by atoms with Crippen molar-refractivity contribution in [2.45, 2.75) is 19.5 Å². The van der Waals surface area contributed by atoms with Crippen LogP contribution in [-0.4, -0.2) is 11.9 Å². The van der Waals surface area contributed by atoms with Gasteiger partial charge in [-0.15, -0.1) is 0 Å². The summed E-state index contributed by atoms with van der Waals surface area (Å²) in [5.41, 5.74) is 5.45. The number of nitrogens with two attached hydrogens (primary N) is 1. The molecular weight excluding hydrogens is 293 g/mol. The summed E-state index contributed by atoms with van der Waals surface area (Å²) in [5.74, 6) is 0.217. The molecule has 3 nitrogen and oxygen atoms in total. The number of aliphatic imine (C=N–C) groups is 1. The van der Waals surface area contributed by atoms with Gasteiger partial charge in [0.2, 0.25) is 0 Å². The van der Waals surface area contributed by atoms with Crippen LogP contribution in [0.1, 0.15) is 18.2 Å². The van der Waals surface area contributed by atoms with Crippen LogP contribution < -0.4 is 5.73 Å². The van der Waals surface area contributed by atoms with E-state index < -0.39 is 11.9 Å². The van der Waals surface area contributed by atoms with Crippen molar-refractivity contribution in [3.8, 4) is 0 Å². The fourth-order valence-electron chi connectivity index (χ4n) is 1.80. The van der Waals surface area contributed by atoms with Gasteiger partial charge >= 0.3 is 6.18 Å². The van der Waals surface area contributed by atoms with Gasteiger partial charge in [-0.25, -0.2) is 4.99 Å². The monoisotopic (exact) mass is 308 g/mol. The quantitative estimate of drug-likeness (QED) is 0.853. The molecule has 0 radical (unpaired) electrons. The zero-order chi connectivity index (χ0) is 16.2. The third-order valence-electron chi connectivity index (χ3n) is 2.96. The summed E-state index contributed by atoms with van der Waals surface area (Å²) in [6, 6.07) is 10.3. The van der Waals surface area contributed by atoms with Crippen LogP contribution in [-0.2, 0) is 6.42 Å². The molecule has 0 atom stereocenters. The number of hydrogen-bond acceptors (Lipinski definition) is 3. The van der Waals surface area contributed by atoms with Crippen LogP contribution in [0.5, 0.6) is 0 Å². The first-order valence-electron chi connectivity index (χ1n) is 6.66. The molecule has 0 aliphatic carbocycles. The van der Waals surface area contributed by atoms with E-state index in [0.29, 0.717) is 5.69 Å². The Balaban J connectivity index is 2.47. The molecule has 2 aromatic rings. The molecule has 1 heterocycles. The fraction of sp³-hybridized carbons (Fsp3) is 0.188. The Morgan fingerprint density at radius 2 is 2.05 bits per heavy atom. The zero-order valence-electron chi connectivity index (χ0n) is 11.9. The predicted molar refractivity (Wildman–Crippen MR) is 79.1 cm³/mol. The van der Waals surface area contributed by atoms with Gasteiger partial charge in [-0.1, -0.05) is 19.1 Å². The second-order valence-electron chi connectivity index (χ2n) is 4.60. The third kappa shape index (κ3) is 4.00. The maximum Gasteiger partial charge on any atom is 0.430 e. The van der Waals surface area contributed by atoms with Crippen LogP contribution in [0.25, 0.3) is 0 Å². The summed E-state index contributed by atoms with van der Waals surface area (Å²) in [5, 5.41) is 0. The van der Waals surface area contributed by atoms with Gasteiger partial charge in [0, 0.05) is 0 Å². The van der Waals surface area contributed by atoms with E-state index in [4.69, 9.17) is 10.2 Å². The first-order chi connectivity index (χ1) is 10.4. The number of alkyl halides is 3. The van der Waals surface area contributed by atoms with E-state index in [1.165, 1.54) is 12.3 Å². The normalized spacial score (nSPS) is 13.5. The molecule has 0 unspecified atom stereocenters. The summed E-state index contributed by atoms with van der Waals surface area (Å²) in [7, 11) is 0. The summed E-state index contributed by atoms with van der Waals surface area (Å²) in [4.78, 5) is 4.23. The standard InChI is InChI=1S/C16H15F3N2O/c1-2-11-5-3-6-12(9-11)21-13(14-7-4-8-22-14)10-15(20)16(17,18)19/h3-10H,2,20H2,1H3/b15-10-,21-13?. The largest absolute Gasteiger partial charge is 0.463 e. The number of furan rings is 1. The van der Waals surface area contributed by atoms with E-state index in [9.17, 15) is 13.2 Å². The van der Waals surface area contributed by atoms with Gasteiger partial charge in [0.15, 0.2) is 5.76 Å². The molecule has 1 aromatic carbocycles. The maximum absolute atomic E-state index is 12.6. The Hall–Kier alpha value is -2.50. The van der Waals surface area contributed by atoms with Crippen molar-refractivity contribution in [1.29, 1.82) is 0 Å². The van der Waals surface area contributed by atoms with Crippen molar-refractivity contribution in [1.82, 2.24) is 0 Å². The van der Waals surface area contributed by atoms with Crippen LogP contribution >= 0.6 is 0 Å². The Bertz CT molecular complexity index is 686. The molecule has 0 spiro atoms. The molecule has 0 saturated carbocycles. The summed E-state index contributed by atoms with van der Waals surface area (Å²) in [6.07, 6.45) is -1.67. The van der Waals surface area contributed by atoms with Gasteiger partial charge in [-0.2, -0.15) is 13.2 Å². The van der Waals surface area contributed by atoms with Crippen LogP contribution in [0.15, 0.2) is 63.8 Å². The molecular formula is C16H15F3N2O. The highest BCUT2D eigenvalue weighted by atomic mass is 19.4. The Morgan fingerprint density at radius 1 is 1.27 bits per heavy atom. The third-order valence-corrected chi connectivity index (χ3v) is 2.96. The highest BCUT2D eigenvalue weighted by Gasteiger charge is 2.32. The van der Waals surface area contributed by atoms with Crippen LogP contribution in [0.4, 0.5) is 18.9 Å². The Morgan fingerprint density at radius 3 is 2.64 bits per heavy atom. The van der Waals surface area contributed by atoms with E-state index in [-0.39, 0.29) is 11.5 Å². The molecule has 0 saturated heterocycles. The van der Waals surface area contributed by atoms with Crippen molar-refractivity contribution in [2.75, 3.05) is 0 Å². The van der Waals surface area contributed by atoms with Gasteiger partial charge in [0.05, 0.1) is 12.0 Å². The molecule has 0 amide bonds. The molecule has 2 N–H and O–H groups in total. The van der Waals surface area contributed by atoms with E-state index >= 15 is 0 Å². The lowest BCUT2D eigenvalue weighted by molar-refractivity contribution is -0.0925. The lowest BCUT2D eigenvalue weighted by atomic mass is 10.1. The van der Waals surface area contributed by atoms with E-state index in [1.807, 2.05) is 13.0 Å². The van der Waals surface area contributed by atoms with Crippen LogP contribution in [0, 0.1) is 0 Å². The lowest BCUT2D eigenvalue weighted by Gasteiger charge is -2.07. The average Bonchev–Trinajstić information content (AvgIpc) is 3.00. The SMILES string of the molecule is CCc1cccc(N=C(/C=C(\N)C(F)(F)F)c2ccco2)c1. The van der Waals surface area contributed by atoms with Gasteiger partial charge < -0.3 is 10.2 Å². The van der Waals surface area contributed by atoms with Gasteiger partial charge in [0.1, 0.15) is 11.4 Å². The van der Waals surface area contributed by atoms with Crippen LogP contribution in [0.2, 0.25) is 0 Å². The van der Waals surface area contributed by atoms with E-state index in [0.717, 1.165) is 18.1 Å². The maximum atomic E-state index is 12.6. The topological polar surface area (TPSA) is 51.5 Å². The number of rotatable bonds is 4. The molecule has 2 rings (SSSR count). The zero-order valence-corrected chi connectivity index (χ0v) is 11.9. The van der Waals surface area contributed by atoms with Crippen molar-refractivity contribution >= 4 is 11.4 Å². The first kappa shape index (κ1) is 15.9. The molecule has 1 aromatic heterocycles. The number of benzene rings is 1. The highest BCUT2D eigenvalue weighted by Crippen LogP contribution is 2.23. The second-order valence-corrected chi connectivity index (χ2v) is 4.60. The molecule has 6 heteroatoms. The predicted octanol–water partition coefficient (Wildman–Crippen LogP) is 4.37. The number of aryl methyl sites for hydroxylation is 1. The summed E-state index contributed by atoms with van der Waals surface area (Å²) in [6.45, 7) is 1.98. The lowest BCUT2D eigenvalue weighted by Crippen LogP contribution is -2.20. The van der Waals surface area contributed by atoms with Gasteiger partial charge in [-0.3, -0.25) is 0 Å². The van der Waals surface area contributed by atoms with Crippen LogP contribution in [0.3, 0.4) is 0 Å². The van der Waals surface area contributed by atoms with E-state index in [1.54, 1.807) is 24.3 Å². The molecule has 22 heavy (non-hydrogen) atoms. The van der Waals surface area contributed by atoms with Gasteiger partial charge in [0.25, 0.3) is 0 Å². The number of nitrogens with zero attached hydrogens (tertiary/aromatic N) is 1. The van der Waals surface area contributed by atoms with E-state index in [2.05, 4.69) is 4.99 Å². The number of allylic oxidation sites excluding steroid dienone is 2. The summed E-state index contributed by atoms with van der Waals surface area (Å²) < 4.78 is 43.0. The van der Waals surface area contributed by atoms with Crippen molar-refractivity contribution in [3.63, 3.8) is 0 Å². The summed E-state index contributed by atoms with van der Waals surface area (Å²) >= 11 is 0. The molecule has 0 aliphatic rings. The fourth-order valence-corrected chi connectivity index (χ4v) is 1.80. The minimum atomic E-state index is -4.61.